The topological polar surface area (TPSA) is 113 Å². The first kappa shape index (κ1) is 16.7. The second-order valence-corrected chi connectivity index (χ2v) is 7.15. The molecule has 1 rings (SSSR count). The summed E-state index contributed by atoms with van der Waals surface area (Å²) < 4.78 is 27.5. The van der Waals surface area contributed by atoms with Crippen LogP contribution < -0.4 is 9.88 Å². The molecule has 0 aliphatic heterocycles. The second kappa shape index (κ2) is 5.94. The molecule has 0 fully saturated rings. The third-order valence-corrected chi connectivity index (χ3v) is 3.82. The third-order valence-electron chi connectivity index (χ3n) is 2.34. The van der Waals surface area contributed by atoms with Crippen molar-refractivity contribution in [2.75, 3.05) is 12.4 Å². The highest BCUT2D eigenvalue weighted by Crippen LogP contribution is 2.29. The number of nitrogens with zero attached hydrogens (tertiary/aromatic N) is 1. The normalized spacial score (nSPS) is 12.2. The zero-order valence-electron chi connectivity index (χ0n) is 11.0. The number of sulfonamides is 1. The van der Waals surface area contributed by atoms with Crippen LogP contribution in [0.4, 0.5) is 5.69 Å². The molecule has 1 aromatic carbocycles. The molecule has 0 amide bonds. The molecule has 0 saturated heterocycles. The van der Waals surface area contributed by atoms with Crippen LogP contribution in [0.2, 0.25) is 5.02 Å². The highest BCUT2D eigenvalue weighted by Gasteiger charge is 2.25. The van der Waals surface area contributed by atoms with Crippen molar-refractivity contribution in [3.63, 3.8) is 0 Å². The van der Waals surface area contributed by atoms with Gasteiger partial charge in [0.05, 0.1) is 17.3 Å². The number of nitro groups is 1. The number of primary sulfonamides is 1. The summed E-state index contributed by atoms with van der Waals surface area (Å²) in [7, 11) is -3.61. The fourth-order valence-corrected chi connectivity index (χ4v) is 3.00. The lowest BCUT2D eigenvalue weighted by Crippen LogP contribution is -2.33. The van der Waals surface area contributed by atoms with Gasteiger partial charge in [-0.2, -0.15) is 0 Å². The molecule has 112 valence electrons. The van der Waals surface area contributed by atoms with Crippen molar-refractivity contribution in [2.45, 2.75) is 13.8 Å². The van der Waals surface area contributed by atoms with Gasteiger partial charge < -0.3 is 4.74 Å². The number of benzene rings is 1. The quantitative estimate of drug-likeness (QED) is 0.635. The average molecular weight is 323 g/mol. The lowest BCUT2D eigenvalue weighted by Gasteiger charge is -2.23. The van der Waals surface area contributed by atoms with E-state index in [2.05, 4.69) is 0 Å². The van der Waals surface area contributed by atoms with Crippen LogP contribution >= 0.6 is 11.6 Å². The van der Waals surface area contributed by atoms with Gasteiger partial charge in [-0.15, -0.1) is 0 Å². The van der Waals surface area contributed by atoms with Crippen LogP contribution in [0, 0.1) is 15.5 Å². The van der Waals surface area contributed by atoms with Crippen LogP contribution in [0.5, 0.6) is 5.75 Å². The van der Waals surface area contributed by atoms with Gasteiger partial charge in [-0.25, -0.2) is 13.6 Å². The summed E-state index contributed by atoms with van der Waals surface area (Å²) >= 11 is 5.74. The molecule has 1 aromatic rings. The van der Waals surface area contributed by atoms with E-state index in [0.29, 0.717) is 5.75 Å². The van der Waals surface area contributed by atoms with Crippen LogP contribution in [0.15, 0.2) is 18.2 Å². The van der Waals surface area contributed by atoms with Crippen LogP contribution in [-0.4, -0.2) is 25.7 Å². The molecule has 0 atom stereocenters. The summed E-state index contributed by atoms with van der Waals surface area (Å²) in [5.41, 5.74) is -0.912. The first-order valence-corrected chi connectivity index (χ1v) is 7.67. The summed E-state index contributed by atoms with van der Waals surface area (Å²) in [5, 5.41) is 15.6. The predicted octanol–water partition coefficient (Wildman–Crippen LogP) is 1.94. The molecule has 0 heterocycles. The van der Waals surface area contributed by atoms with Crippen molar-refractivity contribution < 1.29 is 18.1 Å². The molecule has 20 heavy (non-hydrogen) atoms. The fraction of sp³-hybridized carbons (Fsp3) is 0.455. The second-order valence-electron chi connectivity index (χ2n) is 5.13. The maximum Gasteiger partial charge on any atom is 0.288 e. The average Bonchev–Trinajstić information content (AvgIpc) is 2.22. The molecule has 0 aliphatic carbocycles. The van der Waals surface area contributed by atoms with Gasteiger partial charge in [0.25, 0.3) is 5.69 Å². The number of nitro benzene ring substituents is 1. The van der Waals surface area contributed by atoms with Crippen molar-refractivity contribution in [1.29, 1.82) is 0 Å². The number of nitrogens with two attached hydrogens (primary N) is 1. The van der Waals surface area contributed by atoms with E-state index in [1.165, 1.54) is 18.2 Å². The van der Waals surface area contributed by atoms with Crippen molar-refractivity contribution >= 4 is 27.3 Å². The van der Waals surface area contributed by atoms with Crippen LogP contribution in [0.1, 0.15) is 13.8 Å². The van der Waals surface area contributed by atoms with E-state index in [-0.39, 0.29) is 23.1 Å². The summed E-state index contributed by atoms with van der Waals surface area (Å²) in [6.07, 6.45) is 0. The van der Waals surface area contributed by atoms with Gasteiger partial charge in [-0.05, 0) is 6.07 Å². The van der Waals surface area contributed by atoms with E-state index in [9.17, 15) is 18.5 Å². The van der Waals surface area contributed by atoms with E-state index in [1.54, 1.807) is 13.8 Å². The largest absolute Gasteiger partial charge is 0.493 e. The Labute approximate surface area is 121 Å². The van der Waals surface area contributed by atoms with E-state index in [4.69, 9.17) is 21.5 Å². The smallest absolute Gasteiger partial charge is 0.288 e. The Morgan fingerprint density at radius 2 is 2.05 bits per heavy atom. The van der Waals surface area contributed by atoms with Gasteiger partial charge in [-0.1, -0.05) is 25.4 Å². The molecular weight excluding hydrogens is 308 g/mol. The molecule has 9 heteroatoms. The maximum absolute atomic E-state index is 11.1. The number of halogens is 1. The molecule has 0 unspecified atom stereocenters. The van der Waals surface area contributed by atoms with E-state index >= 15 is 0 Å². The molecule has 7 nitrogen and oxygen atoms in total. The summed E-state index contributed by atoms with van der Waals surface area (Å²) in [5.74, 6) is 0.0869. The number of ether oxygens (including phenoxy) is 1. The maximum atomic E-state index is 11.1. The number of hydrogen-bond acceptors (Lipinski definition) is 5. The van der Waals surface area contributed by atoms with Crippen LogP contribution in [-0.2, 0) is 10.0 Å². The van der Waals surface area contributed by atoms with E-state index in [1.807, 2.05) is 0 Å². The molecule has 0 aromatic heterocycles. The Morgan fingerprint density at radius 3 is 2.50 bits per heavy atom. The Morgan fingerprint density at radius 1 is 1.45 bits per heavy atom. The Kier molecular flexibility index (Phi) is 4.95. The minimum atomic E-state index is -3.61. The molecule has 0 aliphatic rings. The van der Waals surface area contributed by atoms with Crippen molar-refractivity contribution in [1.82, 2.24) is 0 Å². The standard InChI is InChI=1S/C11H15ClN2O5S/c1-11(2,7-20(13,17)18)6-19-8-3-4-10(14(15)16)9(12)5-8/h3-5H,6-7H2,1-2H3,(H2,13,17,18). The number of hydrogen-bond donors (Lipinski definition) is 1. The minimum absolute atomic E-state index is 0.0447. The van der Waals surface area contributed by atoms with Gasteiger partial charge in [0.15, 0.2) is 0 Å². The lowest BCUT2D eigenvalue weighted by atomic mass is 9.98. The lowest BCUT2D eigenvalue weighted by molar-refractivity contribution is -0.384. The molecular formula is C11H15ClN2O5S. The van der Waals surface area contributed by atoms with Crippen molar-refractivity contribution in [2.24, 2.45) is 10.6 Å². The minimum Gasteiger partial charge on any atom is -0.493 e. The molecule has 0 saturated carbocycles. The molecule has 0 bridgehead atoms. The zero-order valence-corrected chi connectivity index (χ0v) is 12.6. The first-order chi connectivity index (χ1) is 9.00. The van der Waals surface area contributed by atoms with Crippen molar-refractivity contribution in [3.8, 4) is 5.75 Å². The molecule has 0 radical (unpaired) electrons. The van der Waals surface area contributed by atoms with Crippen LogP contribution in [0.3, 0.4) is 0 Å². The number of rotatable bonds is 6. The van der Waals surface area contributed by atoms with Gasteiger partial charge in [0, 0.05) is 17.5 Å². The van der Waals surface area contributed by atoms with Gasteiger partial charge in [-0.3, -0.25) is 10.1 Å². The third kappa shape index (κ3) is 5.32. The zero-order chi connectivity index (χ0) is 15.6. The van der Waals surface area contributed by atoms with Crippen LogP contribution in [0.25, 0.3) is 0 Å². The molecule has 0 spiro atoms. The fourth-order valence-electron chi connectivity index (χ4n) is 1.59. The van der Waals surface area contributed by atoms with Crippen molar-refractivity contribution in [3.05, 3.63) is 33.3 Å². The Hall–Kier alpha value is -1.38. The summed E-state index contributed by atoms with van der Waals surface area (Å²) in [6, 6.07) is 3.94. The monoisotopic (exact) mass is 322 g/mol. The SMILES string of the molecule is CC(C)(COc1ccc([N+](=O)[O-])c(Cl)c1)CS(N)(=O)=O. The predicted molar refractivity (Wildman–Crippen MR) is 75.4 cm³/mol. The Bertz CT molecular complexity index is 615. The van der Waals surface area contributed by atoms with E-state index < -0.39 is 20.4 Å². The molecule has 2 N–H and O–H groups in total. The summed E-state index contributed by atoms with van der Waals surface area (Å²) in [4.78, 5) is 10.0. The van der Waals surface area contributed by atoms with Gasteiger partial charge in [0.1, 0.15) is 10.8 Å². The Balaban J connectivity index is 2.76. The highest BCUT2D eigenvalue weighted by atomic mass is 35.5. The van der Waals surface area contributed by atoms with Gasteiger partial charge >= 0.3 is 0 Å². The van der Waals surface area contributed by atoms with Gasteiger partial charge in [0.2, 0.25) is 10.0 Å². The summed E-state index contributed by atoms with van der Waals surface area (Å²) in [6.45, 7) is 3.45. The van der Waals surface area contributed by atoms with E-state index in [0.717, 1.165) is 0 Å². The first-order valence-electron chi connectivity index (χ1n) is 5.57. The highest BCUT2D eigenvalue weighted by molar-refractivity contribution is 7.89.